The number of ether oxygens (including phenoxy) is 2. The second kappa shape index (κ2) is 7.10. The fourth-order valence-electron chi connectivity index (χ4n) is 2.27. The first-order valence-corrected chi connectivity index (χ1v) is 7.07. The van der Waals surface area contributed by atoms with E-state index >= 15 is 0 Å². The molecule has 1 heterocycles. The van der Waals surface area contributed by atoms with Crippen molar-refractivity contribution in [2.24, 2.45) is 11.7 Å². The summed E-state index contributed by atoms with van der Waals surface area (Å²) in [7, 11) is 1.76. The van der Waals surface area contributed by atoms with Gasteiger partial charge < -0.3 is 20.1 Å². The van der Waals surface area contributed by atoms with Gasteiger partial charge in [0.2, 0.25) is 0 Å². The molecule has 0 aromatic carbocycles. The average molecular weight is 272 g/mol. The van der Waals surface area contributed by atoms with Crippen LogP contribution in [0.3, 0.4) is 0 Å². The molecule has 0 aliphatic carbocycles. The van der Waals surface area contributed by atoms with E-state index in [9.17, 15) is 4.79 Å². The lowest BCUT2D eigenvalue weighted by Crippen LogP contribution is -2.45. The van der Waals surface area contributed by atoms with Gasteiger partial charge in [-0.1, -0.05) is 0 Å². The molecule has 0 saturated carbocycles. The lowest BCUT2D eigenvalue weighted by atomic mass is 9.94. The van der Waals surface area contributed by atoms with Gasteiger partial charge >= 0.3 is 6.09 Å². The Morgan fingerprint density at radius 1 is 1.53 bits per heavy atom. The van der Waals surface area contributed by atoms with Gasteiger partial charge in [-0.05, 0) is 46.0 Å². The second-order valence-corrected chi connectivity index (χ2v) is 6.30. The predicted molar refractivity (Wildman–Crippen MR) is 75.0 cm³/mol. The van der Waals surface area contributed by atoms with Gasteiger partial charge in [0.25, 0.3) is 0 Å². The first kappa shape index (κ1) is 16.2. The molecule has 2 N–H and O–H groups in total. The summed E-state index contributed by atoms with van der Waals surface area (Å²) >= 11 is 0. The van der Waals surface area contributed by atoms with Gasteiger partial charge in [0.15, 0.2) is 0 Å². The molecule has 0 spiro atoms. The third-order valence-electron chi connectivity index (χ3n) is 3.36. The van der Waals surface area contributed by atoms with Gasteiger partial charge in [-0.25, -0.2) is 4.79 Å². The Balaban J connectivity index is 2.50. The van der Waals surface area contributed by atoms with Crippen molar-refractivity contribution in [2.75, 3.05) is 26.8 Å². The molecular formula is C14H28N2O3. The molecule has 0 aromatic rings. The number of nitrogens with zero attached hydrogens (tertiary/aromatic N) is 1. The lowest BCUT2D eigenvalue weighted by Gasteiger charge is -2.33. The largest absolute Gasteiger partial charge is 0.444 e. The molecule has 1 rings (SSSR count). The summed E-state index contributed by atoms with van der Waals surface area (Å²) in [5.41, 5.74) is 5.33. The zero-order chi connectivity index (χ0) is 14.5. The van der Waals surface area contributed by atoms with Crippen LogP contribution in [0.15, 0.2) is 0 Å². The molecule has 1 amide bonds. The molecule has 1 aliphatic rings. The zero-order valence-electron chi connectivity index (χ0n) is 12.6. The van der Waals surface area contributed by atoms with Crippen LogP contribution < -0.4 is 5.73 Å². The summed E-state index contributed by atoms with van der Waals surface area (Å²) in [4.78, 5) is 13.6. The summed E-state index contributed by atoms with van der Waals surface area (Å²) in [5.74, 6) is 0.493. The van der Waals surface area contributed by atoms with E-state index in [-0.39, 0.29) is 12.1 Å². The molecule has 0 aromatic heterocycles. The Hall–Kier alpha value is -0.810. The Morgan fingerprint density at radius 3 is 2.68 bits per heavy atom. The Kier molecular flexibility index (Phi) is 6.07. The van der Waals surface area contributed by atoms with Gasteiger partial charge in [-0.3, -0.25) is 0 Å². The molecule has 112 valence electrons. The third-order valence-corrected chi connectivity index (χ3v) is 3.36. The minimum absolute atomic E-state index is 0.0153. The number of rotatable bonds is 4. The van der Waals surface area contributed by atoms with Crippen LogP contribution in [-0.2, 0) is 9.47 Å². The number of carbonyl (C=O) groups excluding carboxylic acids is 1. The van der Waals surface area contributed by atoms with Crippen LogP contribution >= 0.6 is 0 Å². The number of likely N-dealkylation sites (N-methyl/N-ethyl adjacent to an activating group) is 1. The molecule has 5 nitrogen and oxygen atoms in total. The minimum Gasteiger partial charge on any atom is -0.444 e. The fourth-order valence-corrected chi connectivity index (χ4v) is 2.27. The van der Waals surface area contributed by atoms with E-state index in [0.717, 1.165) is 32.5 Å². The van der Waals surface area contributed by atoms with Crippen LogP contribution in [0.2, 0.25) is 0 Å². The molecule has 1 unspecified atom stereocenters. The van der Waals surface area contributed by atoms with Crippen LogP contribution in [0.25, 0.3) is 0 Å². The van der Waals surface area contributed by atoms with E-state index in [1.807, 2.05) is 20.8 Å². The number of hydrogen-bond donors (Lipinski definition) is 1. The summed E-state index contributed by atoms with van der Waals surface area (Å²) < 4.78 is 10.8. The van der Waals surface area contributed by atoms with Gasteiger partial charge in [0.05, 0.1) is 0 Å². The summed E-state index contributed by atoms with van der Waals surface area (Å²) in [5, 5.41) is 0. The van der Waals surface area contributed by atoms with E-state index < -0.39 is 5.60 Å². The third kappa shape index (κ3) is 5.78. The first-order valence-electron chi connectivity index (χ1n) is 7.07. The van der Waals surface area contributed by atoms with Crippen molar-refractivity contribution in [3.05, 3.63) is 0 Å². The van der Waals surface area contributed by atoms with E-state index in [0.29, 0.717) is 12.5 Å². The zero-order valence-corrected chi connectivity index (χ0v) is 12.6. The number of hydrogen-bond acceptors (Lipinski definition) is 4. The number of nitrogens with two attached hydrogens (primary N) is 1. The molecule has 0 bridgehead atoms. The van der Waals surface area contributed by atoms with Crippen LogP contribution in [0.1, 0.15) is 40.0 Å². The van der Waals surface area contributed by atoms with Gasteiger partial charge in [0.1, 0.15) is 5.60 Å². The normalized spacial score (nSPS) is 21.8. The quantitative estimate of drug-likeness (QED) is 0.850. The van der Waals surface area contributed by atoms with E-state index in [1.54, 1.807) is 11.9 Å². The fraction of sp³-hybridized carbons (Fsp3) is 0.929. The highest BCUT2D eigenvalue weighted by atomic mass is 16.6. The topological polar surface area (TPSA) is 64.8 Å². The molecule has 0 radical (unpaired) electrons. The SMILES string of the molecule is CN(C(=O)OC(C)(C)C)C(CN)C[C@@H]1CCCOC1. The van der Waals surface area contributed by atoms with Crippen LogP contribution in [0.5, 0.6) is 0 Å². The van der Waals surface area contributed by atoms with Gasteiger partial charge in [-0.15, -0.1) is 0 Å². The van der Waals surface area contributed by atoms with Crippen LogP contribution in [-0.4, -0.2) is 49.4 Å². The van der Waals surface area contributed by atoms with Gasteiger partial charge in [0, 0.05) is 32.8 Å². The maximum atomic E-state index is 12.0. The highest BCUT2D eigenvalue weighted by Crippen LogP contribution is 2.21. The van der Waals surface area contributed by atoms with Gasteiger partial charge in [-0.2, -0.15) is 0 Å². The maximum absolute atomic E-state index is 12.0. The van der Waals surface area contributed by atoms with Crippen molar-refractivity contribution in [2.45, 2.75) is 51.7 Å². The smallest absolute Gasteiger partial charge is 0.410 e. The van der Waals surface area contributed by atoms with Crippen LogP contribution in [0, 0.1) is 5.92 Å². The van der Waals surface area contributed by atoms with Crippen molar-refractivity contribution in [1.29, 1.82) is 0 Å². The van der Waals surface area contributed by atoms with Crippen molar-refractivity contribution in [3.8, 4) is 0 Å². The first-order chi connectivity index (χ1) is 8.83. The standard InChI is InChI=1S/C14H28N2O3/c1-14(2,3)19-13(17)16(4)12(9-15)8-11-6-5-7-18-10-11/h11-12H,5-10,15H2,1-4H3/t11-,12?/m0/s1. The molecule has 1 aliphatic heterocycles. The molecule has 1 fully saturated rings. The summed E-state index contributed by atoms with van der Waals surface area (Å²) in [6.07, 6.45) is 2.82. The second-order valence-electron chi connectivity index (χ2n) is 6.30. The van der Waals surface area contributed by atoms with E-state index in [1.165, 1.54) is 0 Å². The summed E-state index contributed by atoms with van der Waals surface area (Å²) in [6.45, 7) is 7.68. The average Bonchev–Trinajstić information content (AvgIpc) is 2.34. The van der Waals surface area contributed by atoms with Crippen molar-refractivity contribution < 1.29 is 14.3 Å². The highest BCUT2D eigenvalue weighted by molar-refractivity contribution is 5.68. The highest BCUT2D eigenvalue weighted by Gasteiger charge is 2.27. The Morgan fingerprint density at radius 2 is 2.21 bits per heavy atom. The lowest BCUT2D eigenvalue weighted by molar-refractivity contribution is 0.0123. The van der Waals surface area contributed by atoms with Crippen molar-refractivity contribution in [1.82, 2.24) is 4.90 Å². The molecule has 19 heavy (non-hydrogen) atoms. The molecule has 2 atom stereocenters. The predicted octanol–water partition coefficient (Wildman–Crippen LogP) is 2.00. The number of amides is 1. The maximum Gasteiger partial charge on any atom is 0.410 e. The summed E-state index contributed by atoms with van der Waals surface area (Å²) in [6, 6.07) is 0.0153. The van der Waals surface area contributed by atoms with Crippen molar-refractivity contribution >= 4 is 6.09 Å². The van der Waals surface area contributed by atoms with Crippen LogP contribution in [0.4, 0.5) is 4.79 Å². The Bertz CT molecular complexity index is 283. The monoisotopic (exact) mass is 272 g/mol. The molecular weight excluding hydrogens is 244 g/mol. The molecule has 1 saturated heterocycles. The number of carbonyl (C=O) groups is 1. The van der Waals surface area contributed by atoms with E-state index in [4.69, 9.17) is 15.2 Å². The minimum atomic E-state index is -0.474. The molecule has 5 heteroatoms. The Labute approximate surface area is 116 Å². The van der Waals surface area contributed by atoms with Crippen molar-refractivity contribution in [3.63, 3.8) is 0 Å². The van der Waals surface area contributed by atoms with E-state index in [2.05, 4.69) is 0 Å².